The summed E-state index contributed by atoms with van der Waals surface area (Å²) in [6.07, 6.45) is 2.95. The van der Waals surface area contributed by atoms with Gasteiger partial charge in [0.2, 0.25) is 0 Å². The summed E-state index contributed by atoms with van der Waals surface area (Å²) in [5.41, 5.74) is 1.44. The van der Waals surface area contributed by atoms with E-state index in [2.05, 4.69) is 22.8 Å². The van der Waals surface area contributed by atoms with Gasteiger partial charge < -0.3 is 9.73 Å². The fourth-order valence-electron chi connectivity index (χ4n) is 2.08. The number of quaternary nitrogens is 1. The van der Waals surface area contributed by atoms with E-state index in [-0.39, 0.29) is 0 Å². The van der Waals surface area contributed by atoms with Crippen molar-refractivity contribution in [1.82, 2.24) is 0 Å². The predicted octanol–water partition coefficient (Wildman–Crippen LogP) is 1.55. The van der Waals surface area contributed by atoms with E-state index < -0.39 is 0 Å². The molecule has 2 N–H and O–H groups in total. The van der Waals surface area contributed by atoms with Crippen molar-refractivity contribution in [1.29, 1.82) is 0 Å². The van der Waals surface area contributed by atoms with Crippen LogP contribution in [-0.4, -0.2) is 6.54 Å². The summed E-state index contributed by atoms with van der Waals surface area (Å²) >= 11 is 1.86. The van der Waals surface area contributed by atoms with Gasteiger partial charge in [-0.05, 0) is 23.6 Å². The van der Waals surface area contributed by atoms with E-state index >= 15 is 0 Å². The first-order chi connectivity index (χ1) is 6.95. The Hall–Kier alpha value is -1.06. The fourth-order valence-corrected chi connectivity index (χ4v) is 3.02. The second kappa shape index (κ2) is 3.26. The van der Waals surface area contributed by atoms with E-state index in [0.717, 1.165) is 5.76 Å². The second-order valence-electron chi connectivity index (χ2n) is 3.57. The summed E-state index contributed by atoms with van der Waals surface area (Å²) in [6, 6.07) is 6.64. The van der Waals surface area contributed by atoms with E-state index in [1.165, 1.54) is 23.4 Å². The van der Waals surface area contributed by atoms with Gasteiger partial charge in [0, 0.05) is 16.9 Å². The summed E-state index contributed by atoms with van der Waals surface area (Å²) in [4.78, 5) is 1.52. The van der Waals surface area contributed by atoms with Gasteiger partial charge in [-0.3, -0.25) is 0 Å². The van der Waals surface area contributed by atoms with Gasteiger partial charge in [-0.2, -0.15) is 0 Å². The Morgan fingerprint density at radius 2 is 2.43 bits per heavy atom. The molecule has 0 spiro atoms. The van der Waals surface area contributed by atoms with Crippen LogP contribution in [0.3, 0.4) is 0 Å². The lowest BCUT2D eigenvalue weighted by Gasteiger charge is -2.18. The van der Waals surface area contributed by atoms with E-state index in [1.54, 1.807) is 6.26 Å². The second-order valence-corrected chi connectivity index (χ2v) is 4.57. The summed E-state index contributed by atoms with van der Waals surface area (Å²) in [6.45, 7) is 1.17. The summed E-state index contributed by atoms with van der Waals surface area (Å²) in [5.74, 6) is 1.07. The molecule has 1 aliphatic rings. The van der Waals surface area contributed by atoms with E-state index in [0.29, 0.717) is 6.04 Å². The van der Waals surface area contributed by atoms with Crippen LogP contribution in [-0.2, 0) is 6.42 Å². The zero-order valence-corrected chi connectivity index (χ0v) is 8.59. The molecule has 3 heterocycles. The van der Waals surface area contributed by atoms with Crippen LogP contribution in [0.1, 0.15) is 22.2 Å². The molecule has 0 saturated carbocycles. The molecule has 2 aromatic rings. The van der Waals surface area contributed by atoms with Crippen molar-refractivity contribution in [2.75, 3.05) is 6.54 Å². The Morgan fingerprint density at radius 3 is 3.29 bits per heavy atom. The maximum atomic E-state index is 5.47. The highest BCUT2D eigenvalue weighted by Crippen LogP contribution is 2.28. The van der Waals surface area contributed by atoms with Crippen molar-refractivity contribution in [3.05, 3.63) is 46.0 Å². The lowest BCUT2D eigenvalue weighted by Crippen LogP contribution is -2.87. The summed E-state index contributed by atoms with van der Waals surface area (Å²) in [7, 11) is 0. The van der Waals surface area contributed by atoms with Gasteiger partial charge in [0.25, 0.3) is 0 Å². The van der Waals surface area contributed by atoms with Crippen LogP contribution in [0, 0.1) is 0 Å². The number of nitrogens with two attached hydrogens (primary N) is 1. The fraction of sp³-hybridized carbons (Fsp3) is 0.273. The number of fused-ring (bicyclic) bond motifs is 1. The van der Waals surface area contributed by atoms with Gasteiger partial charge in [-0.25, -0.2) is 0 Å². The molecular formula is C11H12NOS+. The van der Waals surface area contributed by atoms with Crippen LogP contribution in [0.5, 0.6) is 0 Å². The largest absolute Gasteiger partial charge is 0.463 e. The van der Waals surface area contributed by atoms with Crippen LogP contribution >= 0.6 is 11.3 Å². The Labute approximate surface area is 86.6 Å². The Balaban J connectivity index is 2.04. The minimum absolute atomic E-state index is 0.389. The molecule has 14 heavy (non-hydrogen) atoms. The molecule has 0 radical (unpaired) electrons. The third-order valence-corrected chi connectivity index (χ3v) is 3.73. The average molecular weight is 206 g/mol. The molecule has 0 aromatic carbocycles. The highest BCUT2D eigenvalue weighted by molar-refractivity contribution is 7.10. The molecule has 1 atom stereocenters. The van der Waals surface area contributed by atoms with Crippen molar-refractivity contribution >= 4 is 11.3 Å². The average Bonchev–Trinajstić information content (AvgIpc) is 2.88. The quantitative estimate of drug-likeness (QED) is 0.753. The van der Waals surface area contributed by atoms with Crippen molar-refractivity contribution < 1.29 is 9.73 Å². The molecule has 72 valence electrons. The van der Waals surface area contributed by atoms with Crippen molar-refractivity contribution in [2.45, 2.75) is 12.5 Å². The molecular weight excluding hydrogens is 194 g/mol. The highest BCUT2D eigenvalue weighted by atomic mass is 32.1. The Morgan fingerprint density at radius 1 is 1.43 bits per heavy atom. The maximum absolute atomic E-state index is 5.47. The summed E-state index contributed by atoms with van der Waals surface area (Å²) < 4.78 is 5.47. The molecule has 2 nitrogen and oxygen atoms in total. The molecule has 0 fully saturated rings. The third-order valence-electron chi connectivity index (χ3n) is 2.74. The molecule has 3 heteroatoms. The summed E-state index contributed by atoms with van der Waals surface area (Å²) in [5, 5.41) is 4.54. The lowest BCUT2D eigenvalue weighted by molar-refractivity contribution is -0.691. The van der Waals surface area contributed by atoms with Crippen molar-refractivity contribution in [2.24, 2.45) is 0 Å². The van der Waals surface area contributed by atoms with Crippen LogP contribution < -0.4 is 5.32 Å². The number of rotatable bonds is 1. The minimum atomic E-state index is 0.389. The maximum Gasteiger partial charge on any atom is 0.171 e. The minimum Gasteiger partial charge on any atom is -0.463 e. The molecule has 0 aliphatic carbocycles. The van der Waals surface area contributed by atoms with Crippen LogP contribution in [0.15, 0.2) is 34.3 Å². The van der Waals surface area contributed by atoms with Crippen molar-refractivity contribution in [3.63, 3.8) is 0 Å². The van der Waals surface area contributed by atoms with Crippen LogP contribution in [0.25, 0.3) is 0 Å². The van der Waals surface area contributed by atoms with Crippen molar-refractivity contribution in [3.8, 4) is 0 Å². The Bertz CT molecular complexity index is 418. The Kier molecular flexibility index (Phi) is 1.92. The van der Waals surface area contributed by atoms with E-state index in [9.17, 15) is 0 Å². The number of thiophene rings is 1. The number of hydrogen-bond acceptors (Lipinski definition) is 2. The van der Waals surface area contributed by atoms with Gasteiger partial charge in [-0.1, -0.05) is 0 Å². The van der Waals surface area contributed by atoms with Gasteiger partial charge in [0.1, 0.15) is 0 Å². The monoisotopic (exact) mass is 206 g/mol. The molecule has 3 rings (SSSR count). The lowest BCUT2D eigenvalue weighted by atomic mass is 10.0. The SMILES string of the molecule is c1coc([C@H]2[NH2+]CCc3sccc32)c1. The number of hydrogen-bond donors (Lipinski definition) is 1. The van der Waals surface area contributed by atoms with E-state index in [1.807, 2.05) is 17.4 Å². The first-order valence-corrected chi connectivity index (χ1v) is 5.76. The van der Waals surface area contributed by atoms with Crippen LogP contribution in [0.4, 0.5) is 0 Å². The van der Waals surface area contributed by atoms with Gasteiger partial charge in [0.15, 0.2) is 11.8 Å². The van der Waals surface area contributed by atoms with Gasteiger partial charge in [-0.15, -0.1) is 11.3 Å². The first-order valence-electron chi connectivity index (χ1n) is 4.88. The standard InChI is InChI=1S/C11H11NOS/c1-2-9(13-6-1)11-8-4-7-14-10(8)3-5-12-11/h1-2,4,6-7,11-12H,3,5H2/p+1/t11-/m0/s1. The molecule has 1 aliphatic heterocycles. The third kappa shape index (κ3) is 1.21. The topological polar surface area (TPSA) is 29.8 Å². The molecule has 0 bridgehead atoms. The molecule has 0 saturated heterocycles. The van der Waals surface area contributed by atoms with Gasteiger partial charge >= 0.3 is 0 Å². The van der Waals surface area contributed by atoms with Gasteiger partial charge in [0.05, 0.1) is 12.8 Å². The predicted molar refractivity (Wildman–Crippen MR) is 55.4 cm³/mol. The van der Waals surface area contributed by atoms with E-state index in [4.69, 9.17) is 4.42 Å². The molecule has 0 unspecified atom stereocenters. The molecule has 0 amide bonds. The highest BCUT2D eigenvalue weighted by Gasteiger charge is 2.27. The number of furan rings is 1. The smallest absolute Gasteiger partial charge is 0.171 e. The zero-order chi connectivity index (χ0) is 9.38. The van der Waals surface area contributed by atoms with Crippen LogP contribution in [0.2, 0.25) is 0 Å². The first kappa shape index (κ1) is 8.26. The molecule has 2 aromatic heterocycles. The normalized spacial score (nSPS) is 20.7. The zero-order valence-electron chi connectivity index (χ0n) is 7.77.